The molecule has 0 aliphatic carbocycles. The van der Waals surface area contributed by atoms with Gasteiger partial charge in [0.1, 0.15) is 17.2 Å². The lowest BCUT2D eigenvalue weighted by atomic mass is 10.1. The van der Waals surface area contributed by atoms with Crippen molar-refractivity contribution in [1.29, 1.82) is 0 Å². The average Bonchev–Trinajstić information content (AvgIpc) is 3.43. The fraction of sp³-hybridized carbons (Fsp3) is 0.227. The maximum absolute atomic E-state index is 5.38. The van der Waals surface area contributed by atoms with E-state index in [1.54, 1.807) is 19.5 Å². The summed E-state index contributed by atoms with van der Waals surface area (Å²) in [6.07, 6.45) is 5.94. The van der Waals surface area contributed by atoms with E-state index in [2.05, 4.69) is 27.0 Å². The second-order valence-electron chi connectivity index (χ2n) is 6.98. The van der Waals surface area contributed by atoms with E-state index in [1.165, 1.54) is 12.8 Å². The molecule has 5 rings (SSSR count). The molecule has 1 aliphatic rings. The van der Waals surface area contributed by atoms with Gasteiger partial charge in [-0.3, -0.25) is 4.98 Å². The molecule has 6 nitrogen and oxygen atoms in total. The quantitative estimate of drug-likeness (QED) is 0.579. The molecule has 1 N–H and O–H groups in total. The number of aromatic nitrogens is 4. The summed E-state index contributed by atoms with van der Waals surface area (Å²) in [5, 5.41) is 1.05. The van der Waals surface area contributed by atoms with Crippen molar-refractivity contribution in [3.05, 3.63) is 54.9 Å². The van der Waals surface area contributed by atoms with E-state index in [0.717, 1.165) is 58.3 Å². The maximum atomic E-state index is 5.38. The second kappa shape index (κ2) is 6.96. The molecule has 4 aromatic rings. The van der Waals surface area contributed by atoms with Gasteiger partial charge in [-0.1, -0.05) is 12.1 Å². The van der Waals surface area contributed by atoms with Crippen LogP contribution in [-0.2, 0) is 0 Å². The van der Waals surface area contributed by atoms with Crippen molar-refractivity contribution in [1.82, 2.24) is 19.9 Å². The van der Waals surface area contributed by atoms with E-state index in [9.17, 15) is 0 Å². The Hall–Kier alpha value is -3.41. The highest BCUT2D eigenvalue weighted by Crippen LogP contribution is 2.33. The molecular formula is C22H21N5O. The summed E-state index contributed by atoms with van der Waals surface area (Å²) in [5.41, 5.74) is 3.89. The van der Waals surface area contributed by atoms with Crippen molar-refractivity contribution in [2.75, 3.05) is 25.1 Å². The Bertz CT molecular complexity index is 1120. The van der Waals surface area contributed by atoms with Crippen LogP contribution in [0.25, 0.3) is 33.7 Å². The van der Waals surface area contributed by atoms with Crippen molar-refractivity contribution < 1.29 is 4.74 Å². The first-order chi connectivity index (χ1) is 13.8. The predicted molar refractivity (Wildman–Crippen MR) is 111 cm³/mol. The summed E-state index contributed by atoms with van der Waals surface area (Å²) in [6.45, 7) is 2.06. The van der Waals surface area contributed by atoms with E-state index >= 15 is 0 Å². The summed E-state index contributed by atoms with van der Waals surface area (Å²) in [5.74, 6) is 2.55. The standard InChI is InChI=1S/C22H21N5O/c1-28-17-6-4-5-16(13-17)19-14-18-21(24-19)25-20(15-7-9-23-10-8-15)26-22(18)27-11-2-3-12-27/h4-10,13-14H,2-3,11-12H2,1H3,(H,24,25,26). The lowest BCUT2D eigenvalue weighted by Gasteiger charge is -2.18. The van der Waals surface area contributed by atoms with Crippen molar-refractivity contribution in [2.24, 2.45) is 0 Å². The summed E-state index contributed by atoms with van der Waals surface area (Å²) < 4.78 is 5.38. The number of pyridine rings is 1. The Balaban J connectivity index is 1.69. The highest BCUT2D eigenvalue weighted by molar-refractivity contribution is 5.93. The Labute approximate surface area is 163 Å². The molecule has 0 amide bonds. The van der Waals surface area contributed by atoms with Gasteiger partial charge in [0.15, 0.2) is 5.82 Å². The molecule has 1 fully saturated rings. The second-order valence-corrected chi connectivity index (χ2v) is 6.98. The molecule has 0 atom stereocenters. The van der Waals surface area contributed by atoms with E-state index in [-0.39, 0.29) is 0 Å². The smallest absolute Gasteiger partial charge is 0.164 e. The van der Waals surface area contributed by atoms with Crippen molar-refractivity contribution in [3.8, 4) is 28.4 Å². The lowest BCUT2D eigenvalue weighted by molar-refractivity contribution is 0.415. The highest BCUT2D eigenvalue weighted by atomic mass is 16.5. The van der Waals surface area contributed by atoms with Crippen LogP contribution in [0, 0.1) is 0 Å². The molecule has 1 saturated heterocycles. The molecule has 1 aromatic carbocycles. The van der Waals surface area contributed by atoms with Crippen LogP contribution in [0.1, 0.15) is 12.8 Å². The molecule has 0 bridgehead atoms. The van der Waals surface area contributed by atoms with E-state index in [4.69, 9.17) is 14.7 Å². The first kappa shape index (κ1) is 16.7. The molecule has 6 heteroatoms. The lowest BCUT2D eigenvalue weighted by Crippen LogP contribution is -2.19. The molecule has 1 aliphatic heterocycles. The van der Waals surface area contributed by atoms with Crippen LogP contribution in [0.4, 0.5) is 5.82 Å². The van der Waals surface area contributed by atoms with Gasteiger partial charge >= 0.3 is 0 Å². The molecule has 0 saturated carbocycles. The first-order valence-electron chi connectivity index (χ1n) is 9.52. The van der Waals surface area contributed by atoms with Crippen LogP contribution in [0.3, 0.4) is 0 Å². The van der Waals surface area contributed by atoms with E-state index in [0.29, 0.717) is 0 Å². The monoisotopic (exact) mass is 371 g/mol. The van der Waals surface area contributed by atoms with Gasteiger partial charge in [0.2, 0.25) is 0 Å². The van der Waals surface area contributed by atoms with E-state index in [1.807, 2.05) is 30.3 Å². The number of methoxy groups -OCH3 is 1. The number of ether oxygens (including phenoxy) is 1. The minimum Gasteiger partial charge on any atom is -0.497 e. The SMILES string of the molecule is COc1cccc(-c2cc3c(N4CCCC4)nc(-c4ccncc4)nc3[nH]2)c1. The molecule has 0 radical (unpaired) electrons. The third-order valence-corrected chi connectivity index (χ3v) is 5.19. The molecule has 140 valence electrons. The number of H-pyrrole nitrogens is 1. The average molecular weight is 371 g/mol. The normalized spacial score (nSPS) is 14.0. The number of anilines is 1. The van der Waals surface area contributed by atoms with Crippen LogP contribution in [0.2, 0.25) is 0 Å². The largest absolute Gasteiger partial charge is 0.497 e. The molecule has 0 unspecified atom stereocenters. The number of benzene rings is 1. The fourth-order valence-electron chi connectivity index (χ4n) is 3.74. The zero-order valence-corrected chi connectivity index (χ0v) is 15.7. The van der Waals surface area contributed by atoms with Gasteiger partial charge in [-0.05, 0) is 43.2 Å². The van der Waals surface area contributed by atoms with Crippen LogP contribution < -0.4 is 9.64 Å². The van der Waals surface area contributed by atoms with Crippen LogP contribution in [0.15, 0.2) is 54.9 Å². The van der Waals surface area contributed by atoms with Gasteiger partial charge in [-0.15, -0.1) is 0 Å². The first-order valence-corrected chi connectivity index (χ1v) is 9.52. The summed E-state index contributed by atoms with van der Waals surface area (Å²) >= 11 is 0. The predicted octanol–water partition coefficient (Wildman–Crippen LogP) is 4.30. The third-order valence-electron chi connectivity index (χ3n) is 5.19. The van der Waals surface area contributed by atoms with Crippen molar-refractivity contribution in [2.45, 2.75) is 12.8 Å². The van der Waals surface area contributed by atoms with Gasteiger partial charge in [0.25, 0.3) is 0 Å². The molecule has 0 spiro atoms. The topological polar surface area (TPSA) is 66.9 Å². The Kier molecular flexibility index (Phi) is 4.16. The van der Waals surface area contributed by atoms with Gasteiger partial charge in [-0.25, -0.2) is 9.97 Å². The van der Waals surface area contributed by atoms with Crippen LogP contribution >= 0.6 is 0 Å². The van der Waals surface area contributed by atoms with Crippen LogP contribution in [0.5, 0.6) is 5.75 Å². The number of aromatic amines is 1. The Morgan fingerprint density at radius 1 is 0.964 bits per heavy atom. The minimum atomic E-state index is 0.718. The van der Waals surface area contributed by atoms with Gasteiger partial charge < -0.3 is 14.6 Å². The fourth-order valence-corrected chi connectivity index (χ4v) is 3.74. The number of rotatable bonds is 4. The van der Waals surface area contributed by atoms with Crippen LogP contribution in [-0.4, -0.2) is 40.1 Å². The Morgan fingerprint density at radius 2 is 1.79 bits per heavy atom. The minimum absolute atomic E-state index is 0.718. The molecular weight excluding hydrogens is 350 g/mol. The van der Waals surface area contributed by atoms with Gasteiger partial charge in [0, 0.05) is 42.3 Å². The van der Waals surface area contributed by atoms with Crippen molar-refractivity contribution >= 4 is 16.9 Å². The summed E-state index contributed by atoms with van der Waals surface area (Å²) in [4.78, 5) is 19.7. The molecule has 4 heterocycles. The summed E-state index contributed by atoms with van der Waals surface area (Å²) in [7, 11) is 1.68. The Morgan fingerprint density at radius 3 is 2.57 bits per heavy atom. The number of hydrogen-bond donors (Lipinski definition) is 1. The van der Waals surface area contributed by atoms with Crippen molar-refractivity contribution in [3.63, 3.8) is 0 Å². The zero-order chi connectivity index (χ0) is 18.9. The maximum Gasteiger partial charge on any atom is 0.164 e. The molecule has 3 aromatic heterocycles. The van der Waals surface area contributed by atoms with Gasteiger partial charge in [0.05, 0.1) is 12.5 Å². The summed E-state index contributed by atoms with van der Waals surface area (Å²) in [6, 6.07) is 14.1. The molecule has 28 heavy (non-hydrogen) atoms. The number of nitrogens with zero attached hydrogens (tertiary/aromatic N) is 4. The van der Waals surface area contributed by atoms with E-state index < -0.39 is 0 Å². The number of fused-ring (bicyclic) bond motifs is 1. The highest BCUT2D eigenvalue weighted by Gasteiger charge is 2.20. The number of hydrogen-bond acceptors (Lipinski definition) is 5. The van der Waals surface area contributed by atoms with Gasteiger partial charge in [-0.2, -0.15) is 0 Å². The number of nitrogens with one attached hydrogen (secondary N) is 1. The zero-order valence-electron chi connectivity index (χ0n) is 15.7. The third kappa shape index (κ3) is 2.97.